The van der Waals surface area contributed by atoms with Crippen molar-refractivity contribution in [1.82, 2.24) is 0 Å². The molecule has 0 amide bonds. The fraction of sp³-hybridized carbons (Fsp3) is 0.0909. The molecule has 51 heavy (non-hydrogen) atoms. The van der Waals surface area contributed by atoms with Gasteiger partial charge in [-0.1, -0.05) is 126 Å². The van der Waals surface area contributed by atoms with Crippen LogP contribution in [-0.4, -0.2) is 41.5 Å². The maximum atomic E-state index is 11.6. The van der Waals surface area contributed by atoms with Gasteiger partial charge in [-0.05, 0) is 83.6 Å². The normalized spacial score (nSPS) is 16.1. The van der Waals surface area contributed by atoms with Crippen LogP contribution >= 0.6 is 0 Å². The molecular formula is C44H37BN2O4. The molecule has 2 aliphatic carbocycles. The fourth-order valence-electron chi connectivity index (χ4n) is 6.74. The van der Waals surface area contributed by atoms with Gasteiger partial charge >= 0.3 is 11.9 Å². The summed E-state index contributed by atoms with van der Waals surface area (Å²) in [5, 5.41) is 22.7. The second kappa shape index (κ2) is 15.1. The van der Waals surface area contributed by atoms with Crippen LogP contribution in [0.4, 0.5) is 17.1 Å². The highest BCUT2D eigenvalue weighted by Gasteiger charge is 2.24. The first-order valence-corrected chi connectivity index (χ1v) is 17.1. The highest BCUT2D eigenvalue weighted by Crippen LogP contribution is 2.35. The minimum absolute atomic E-state index is 0.0237. The zero-order chi connectivity index (χ0) is 35.2. The van der Waals surface area contributed by atoms with E-state index in [0.717, 1.165) is 57.6 Å². The van der Waals surface area contributed by atoms with E-state index < -0.39 is 11.9 Å². The van der Waals surface area contributed by atoms with Crippen LogP contribution in [0.3, 0.4) is 0 Å². The zero-order valence-electron chi connectivity index (χ0n) is 28.0. The lowest BCUT2D eigenvalue weighted by atomic mass is 9.62. The van der Waals surface area contributed by atoms with Crippen LogP contribution in [0.1, 0.15) is 33.6 Å². The van der Waals surface area contributed by atoms with E-state index in [4.69, 9.17) is 0 Å². The van der Waals surface area contributed by atoms with Crippen LogP contribution in [0.5, 0.6) is 0 Å². The van der Waals surface area contributed by atoms with Crippen LogP contribution in [-0.2, 0) is 0 Å². The van der Waals surface area contributed by atoms with Gasteiger partial charge in [0, 0.05) is 23.1 Å². The number of hydrogen-bond donors (Lipinski definition) is 3. The Balaban J connectivity index is 1.35. The molecule has 3 N–H and O–H groups in total. The molecule has 6 nitrogen and oxygen atoms in total. The molecule has 0 heterocycles. The first kappa shape index (κ1) is 33.2. The summed E-state index contributed by atoms with van der Waals surface area (Å²) in [6.07, 6.45) is 18.9. The average Bonchev–Trinajstić information content (AvgIpc) is 3.17. The monoisotopic (exact) mass is 668 g/mol. The van der Waals surface area contributed by atoms with E-state index in [2.05, 4.69) is 113 Å². The molecule has 7 rings (SSSR count). The van der Waals surface area contributed by atoms with Gasteiger partial charge in [-0.2, -0.15) is 0 Å². The number of anilines is 3. The van der Waals surface area contributed by atoms with Crippen molar-refractivity contribution in [3.05, 3.63) is 175 Å². The van der Waals surface area contributed by atoms with Crippen molar-refractivity contribution in [1.29, 1.82) is 0 Å². The first-order valence-electron chi connectivity index (χ1n) is 17.1. The molecule has 0 spiro atoms. The molecule has 7 heteroatoms. The molecule has 0 saturated carbocycles. The Morgan fingerprint density at radius 3 is 1.86 bits per heavy atom. The van der Waals surface area contributed by atoms with Crippen LogP contribution in [0, 0.1) is 0 Å². The van der Waals surface area contributed by atoms with Crippen molar-refractivity contribution in [2.24, 2.45) is 0 Å². The van der Waals surface area contributed by atoms with Crippen molar-refractivity contribution < 1.29 is 19.8 Å². The number of nitrogens with zero attached hydrogens (tertiary/aromatic N) is 1. The molecule has 5 aromatic carbocycles. The quantitative estimate of drug-likeness (QED) is 0.123. The molecule has 2 unspecified atom stereocenters. The van der Waals surface area contributed by atoms with Gasteiger partial charge in [-0.15, -0.1) is 0 Å². The molecule has 0 fully saturated rings. The number of nitrogens with one attached hydrogen (secondary N) is 1. The van der Waals surface area contributed by atoms with Crippen molar-refractivity contribution in [2.75, 3.05) is 10.2 Å². The maximum absolute atomic E-state index is 11.6. The molecule has 0 aromatic heterocycles. The van der Waals surface area contributed by atoms with Gasteiger partial charge < -0.3 is 20.4 Å². The van der Waals surface area contributed by atoms with E-state index in [-0.39, 0.29) is 23.2 Å². The Morgan fingerprint density at radius 1 is 0.608 bits per heavy atom. The largest absolute Gasteiger partial charge is 0.478 e. The van der Waals surface area contributed by atoms with Crippen molar-refractivity contribution in [3.8, 4) is 22.3 Å². The second-order valence-electron chi connectivity index (χ2n) is 12.8. The average molecular weight is 669 g/mol. The fourth-order valence-corrected chi connectivity index (χ4v) is 6.74. The second-order valence-corrected chi connectivity index (χ2v) is 12.8. The summed E-state index contributed by atoms with van der Waals surface area (Å²) in [6.45, 7) is 0. The van der Waals surface area contributed by atoms with Gasteiger partial charge in [0.2, 0.25) is 0 Å². The highest BCUT2D eigenvalue weighted by atomic mass is 16.4. The number of carbonyl (C=O) groups is 2. The zero-order valence-corrected chi connectivity index (χ0v) is 28.0. The Hall–Kier alpha value is -6.34. The maximum Gasteiger partial charge on any atom is 0.335 e. The molecule has 5 aromatic rings. The van der Waals surface area contributed by atoms with Gasteiger partial charge in [0.15, 0.2) is 7.28 Å². The molecule has 2 atom stereocenters. The van der Waals surface area contributed by atoms with Crippen molar-refractivity contribution in [2.45, 2.75) is 24.9 Å². The number of allylic oxidation sites excluding steroid dienone is 4. The topological polar surface area (TPSA) is 89.9 Å². The molecule has 0 bridgehead atoms. The third-order valence-electron chi connectivity index (χ3n) is 9.41. The van der Waals surface area contributed by atoms with E-state index in [1.165, 1.54) is 5.46 Å². The minimum atomic E-state index is -0.953. The number of benzene rings is 5. The van der Waals surface area contributed by atoms with E-state index in [1.807, 2.05) is 36.4 Å². The summed E-state index contributed by atoms with van der Waals surface area (Å²) >= 11 is 0. The predicted molar refractivity (Wildman–Crippen MR) is 210 cm³/mol. The summed E-state index contributed by atoms with van der Waals surface area (Å²) in [6, 6.07) is 37.6. The summed E-state index contributed by atoms with van der Waals surface area (Å²) < 4.78 is 0. The Kier molecular flexibility index (Phi) is 9.79. The molecule has 0 radical (unpaired) electrons. The van der Waals surface area contributed by atoms with Gasteiger partial charge in [-0.25, -0.2) is 9.59 Å². The summed E-state index contributed by atoms with van der Waals surface area (Å²) in [4.78, 5) is 25.5. The van der Waals surface area contributed by atoms with Crippen LogP contribution < -0.4 is 21.1 Å². The molecule has 0 saturated heterocycles. The van der Waals surface area contributed by atoms with Gasteiger partial charge in [0.05, 0.1) is 17.2 Å². The third-order valence-corrected chi connectivity index (χ3v) is 9.41. The number of aromatic carboxylic acids is 2. The summed E-state index contributed by atoms with van der Waals surface area (Å²) in [5.41, 5.74) is 9.81. The van der Waals surface area contributed by atoms with Gasteiger partial charge in [0.1, 0.15) is 0 Å². The highest BCUT2D eigenvalue weighted by molar-refractivity contribution is 6.70. The van der Waals surface area contributed by atoms with Gasteiger partial charge in [-0.3, -0.25) is 0 Å². The number of rotatable bonds is 11. The van der Waals surface area contributed by atoms with Crippen molar-refractivity contribution >= 4 is 47.2 Å². The standard InChI is InChI=1S/C44H37BN2O4/c48-43(49)32-22-18-30(19-23-32)34-10-9-15-38(28-34)47(37-13-5-2-6-14-37)42-29-35(31-20-24-33(25-21-31)44(50)51)26-27-40(42)45-39-16-7-8-17-41(39)46-36-11-3-1-4-12-36/h1-11,13,15-29,36-37,45-46H,12,14H2,(H,48,49)(H,50,51). The Bertz CT molecular complexity index is 2180. The molecule has 2 aliphatic rings. The SMILES string of the molecule is O=C(O)c1ccc(-c2cccc(N(c3cc(-c4ccc(C(=O)O)cc4)ccc3Bc3ccccc3NC3C=CC=CC3)C3C=CC=CC3)c2)cc1. The molecular weight excluding hydrogens is 631 g/mol. The summed E-state index contributed by atoms with van der Waals surface area (Å²) in [5.74, 6) is -1.90. The molecule has 0 aliphatic heterocycles. The van der Waals surface area contributed by atoms with E-state index in [1.54, 1.807) is 24.3 Å². The van der Waals surface area contributed by atoms with E-state index in [0.29, 0.717) is 7.28 Å². The van der Waals surface area contributed by atoms with E-state index >= 15 is 0 Å². The number of carboxylic acids is 2. The number of carboxylic acid groups (broad SMARTS) is 2. The van der Waals surface area contributed by atoms with Gasteiger partial charge in [0.25, 0.3) is 0 Å². The summed E-state index contributed by atoms with van der Waals surface area (Å²) in [7, 11) is 0.683. The van der Waals surface area contributed by atoms with Crippen LogP contribution in [0.15, 0.2) is 164 Å². The number of para-hydroxylation sites is 1. The minimum Gasteiger partial charge on any atom is -0.478 e. The van der Waals surface area contributed by atoms with Crippen LogP contribution in [0.2, 0.25) is 0 Å². The first-order chi connectivity index (χ1) is 24.9. The lowest BCUT2D eigenvalue weighted by molar-refractivity contribution is 0.0686. The predicted octanol–water partition coefficient (Wildman–Crippen LogP) is 8.12. The Morgan fingerprint density at radius 2 is 1.24 bits per heavy atom. The Labute approximate surface area is 298 Å². The number of hydrogen-bond acceptors (Lipinski definition) is 4. The third kappa shape index (κ3) is 7.63. The van der Waals surface area contributed by atoms with E-state index in [9.17, 15) is 19.8 Å². The lowest BCUT2D eigenvalue weighted by Crippen LogP contribution is -2.38. The molecule has 250 valence electrons. The van der Waals surface area contributed by atoms with Crippen LogP contribution in [0.25, 0.3) is 22.3 Å². The lowest BCUT2D eigenvalue weighted by Gasteiger charge is -2.35. The van der Waals surface area contributed by atoms with Crippen molar-refractivity contribution in [3.63, 3.8) is 0 Å². The smallest absolute Gasteiger partial charge is 0.335 e.